The lowest BCUT2D eigenvalue weighted by Crippen LogP contribution is -2.47. The van der Waals surface area contributed by atoms with Crippen LogP contribution in [0.1, 0.15) is 34.1 Å². The Bertz CT molecular complexity index is 178. The second kappa shape index (κ2) is 9.60. The van der Waals surface area contributed by atoms with E-state index in [1.807, 2.05) is 18.7 Å². The van der Waals surface area contributed by atoms with Gasteiger partial charge in [-0.2, -0.15) is 0 Å². The molecule has 1 saturated heterocycles. The Labute approximate surface area is 99.3 Å². The molecular formula is C12H26N2O2. The van der Waals surface area contributed by atoms with Crippen molar-refractivity contribution in [3.05, 3.63) is 0 Å². The lowest BCUT2D eigenvalue weighted by atomic mass is 10.3. The Hall–Kier alpha value is -0.610. The van der Waals surface area contributed by atoms with Crippen LogP contribution < -0.4 is 5.32 Å². The van der Waals surface area contributed by atoms with Gasteiger partial charge >= 0.3 is 0 Å². The molecule has 16 heavy (non-hydrogen) atoms. The van der Waals surface area contributed by atoms with Crippen LogP contribution in [0.5, 0.6) is 0 Å². The van der Waals surface area contributed by atoms with Gasteiger partial charge in [0, 0.05) is 26.2 Å². The molecular weight excluding hydrogens is 204 g/mol. The molecule has 1 aliphatic rings. The van der Waals surface area contributed by atoms with Crippen LogP contribution >= 0.6 is 0 Å². The van der Waals surface area contributed by atoms with Crippen LogP contribution in [0.2, 0.25) is 0 Å². The monoisotopic (exact) mass is 230 g/mol. The highest BCUT2D eigenvalue weighted by Gasteiger charge is 2.15. The van der Waals surface area contributed by atoms with Crippen LogP contribution in [0.15, 0.2) is 0 Å². The maximum absolute atomic E-state index is 11.5. The van der Waals surface area contributed by atoms with Gasteiger partial charge in [-0.1, -0.05) is 20.3 Å². The zero-order valence-corrected chi connectivity index (χ0v) is 11.1. The van der Waals surface area contributed by atoms with Gasteiger partial charge in [0.25, 0.3) is 0 Å². The maximum atomic E-state index is 11.5. The molecule has 1 aliphatic heterocycles. The van der Waals surface area contributed by atoms with Crippen molar-refractivity contribution >= 4 is 5.91 Å². The number of hydrogen-bond acceptors (Lipinski definition) is 3. The van der Waals surface area contributed by atoms with Crippen molar-refractivity contribution < 1.29 is 9.53 Å². The van der Waals surface area contributed by atoms with E-state index >= 15 is 0 Å². The summed E-state index contributed by atoms with van der Waals surface area (Å²) in [5.41, 5.74) is 0. The minimum absolute atomic E-state index is 0.107. The summed E-state index contributed by atoms with van der Waals surface area (Å²) in [5, 5.41) is 3.20. The predicted molar refractivity (Wildman–Crippen MR) is 66.5 cm³/mol. The fraction of sp³-hybridized carbons (Fsp3) is 0.917. The van der Waals surface area contributed by atoms with Crippen LogP contribution in [0.25, 0.3) is 0 Å². The summed E-state index contributed by atoms with van der Waals surface area (Å²) in [7, 11) is 0. The van der Waals surface area contributed by atoms with Crippen molar-refractivity contribution in [3.8, 4) is 0 Å². The first kappa shape index (κ1) is 15.4. The van der Waals surface area contributed by atoms with E-state index in [0.29, 0.717) is 0 Å². The van der Waals surface area contributed by atoms with Crippen molar-refractivity contribution in [2.75, 3.05) is 32.8 Å². The minimum atomic E-state index is 0.107. The Morgan fingerprint density at radius 3 is 2.25 bits per heavy atom. The van der Waals surface area contributed by atoms with Gasteiger partial charge in [-0.15, -0.1) is 0 Å². The third kappa shape index (κ3) is 7.65. The Kier molecular flexibility index (Phi) is 9.24. The molecule has 0 saturated carbocycles. The molecule has 0 unspecified atom stereocenters. The largest absolute Gasteiger partial charge is 0.369 e. The molecule has 0 aliphatic carbocycles. The van der Waals surface area contributed by atoms with Gasteiger partial charge in [-0.3, -0.25) is 4.79 Å². The van der Waals surface area contributed by atoms with Gasteiger partial charge < -0.3 is 15.0 Å². The maximum Gasteiger partial charge on any atom is 0.248 e. The molecule has 1 fully saturated rings. The molecule has 1 N–H and O–H groups in total. The van der Waals surface area contributed by atoms with Crippen molar-refractivity contribution in [2.45, 2.75) is 40.2 Å². The van der Waals surface area contributed by atoms with Crippen molar-refractivity contribution in [1.82, 2.24) is 10.2 Å². The first-order valence-corrected chi connectivity index (χ1v) is 6.21. The Morgan fingerprint density at radius 2 is 1.81 bits per heavy atom. The number of amides is 1. The molecule has 0 aromatic rings. The average molecular weight is 230 g/mol. The average Bonchev–Trinajstić information content (AvgIpc) is 2.28. The van der Waals surface area contributed by atoms with Gasteiger partial charge in [0.2, 0.25) is 5.91 Å². The van der Waals surface area contributed by atoms with E-state index in [-0.39, 0.29) is 18.6 Å². The lowest BCUT2D eigenvalue weighted by Gasteiger charge is -2.27. The van der Waals surface area contributed by atoms with Crippen molar-refractivity contribution in [3.63, 3.8) is 0 Å². The third-order valence-corrected chi connectivity index (χ3v) is 2.01. The highest BCUT2D eigenvalue weighted by Crippen LogP contribution is 1.95. The lowest BCUT2D eigenvalue weighted by molar-refractivity contribution is -0.138. The topological polar surface area (TPSA) is 41.6 Å². The number of ether oxygens (including phenoxy) is 1. The van der Waals surface area contributed by atoms with Crippen LogP contribution in [0, 0.1) is 0 Å². The number of rotatable bonds is 3. The van der Waals surface area contributed by atoms with E-state index in [2.05, 4.69) is 19.2 Å². The van der Waals surface area contributed by atoms with E-state index in [4.69, 9.17) is 4.74 Å². The van der Waals surface area contributed by atoms with Gasteiger partial charge in [0.05, 0.1) is 6.10 Å². The summed E-state index contributed by atoms with van der Waals surface area (Å²) in [5.74, 6) is 0.107. The second-order valence-corrected chi connectivity index (χ2v) is 4.20. The summed E-state index contributed by atoms with van der Waals surface area (Å²) < 4.78 is 5.25. The molecule has 4 nitrogen and oxygen atoms in total. The van der Waals surface area contributed by atoms with Crippen molar-refractivity contribution in [1.29, 1.82) is 0 Å². The smallest absolute Gasteiger partial charge is 0.248 e. The fourth-order valence-corrected chi connectivity index (χ4v) is 1.24. The molecule has 4 heteroatoms. The molecule has 0 bridgehead atoms. The third-order valence-electron chi connectivity index (χ3n) is 2.01. The molecule has 1 rings (SSSR count). The number of piperazine rings is 1. The summed E-state index contributed by atoms with van der Waals surface area (Å²) in [4.78, 5) is 13.3. The molecule has 1 amide bonds. The summed E-state index contributed by atoms with van der Waals surface area (Å²) >= 11 is 0. The molecule has 0 atom stereocenters. The van der Waals surface area contributed by atoms with E-state index in [1.165, 1.54) is 6.42 Å². The zero-order chi connectivity index (χ0) is 12.4. The normalized spacial score (nSPS) is 15.7. The number of nitrogens with zero attached hydrogens (tertiary/aromatic N) is 1. The first-order valence-electron chi connectivity index (χ1n) is 6.21. The summed E-state index contributed by atoms with van der Waals surface area (Å²) in [6.45, 7) is 11.7. The highest BCUT2D eigenvalue weighted by molar-refractivity contribution is 5.77. The van der Waals surface area contributed by atoms with Crippen LogP contribution in [0.4, 0.5) is 0 Å². The van der Waals surface area contributed by atoms with Gasteiger partial charge in [0.15, 0.2) is 0 Å². The number of nitrogens with one attached hydrogen (secondary N) is 1. The van der Waals surface area contributed by atoms with Gasteiger partial charge in [-0.25, -0.2) is 0 Å². The van der Waals surface area contributed by atoms with E-state index in [9.17, 15) is 4.79 Å². The summed E-state index contributed by atoms with van der Waals surface area (Å²) in [6.07, 6.45) is 1.38. The van der Waals surface area contributed by atoms with Crippen LogP contribution in [-0.4, -0.2) is 49.7 Å². The molecule has 0 spiro atoms. The standard InChI is InChI=1S/C9H18N2O2.C3H8/c1-8(2)13-7-9(12)11-5-3-10-4-6-11;1-3-2/h8,10H,3-7H2,1-2H3;3H2,1-2H3. The SMILES string of the molecule is CC(C)OCC(=O)N1CCNCC1.CCC. The number of carbonyl (C=O) groups excluding carboxylic acids is 1. The second-order valence-electron chi connectivity index (χ2n) is 4.20. The molecule has 96 valence electrons. The van der Waals surface area contributed by atoms with Gasteiger partial charge in [-0.05, 0) is 13.8 Å². The van der Waals surface area contributed by atoms with E-state index in [1.54, 1.807) is 0 Å². The predicted octanol–water partition coefficient (Wildman–Crippen LogP) is 1.26. The molecule has 0 aromatic heterocycles. The van der Waals surface area contributed by atoms with Gasteiger partial charge in [0.1, 0.15) is 6.61 Å². The first-order chi connectivity index (χ1) is 7.61. The van der Waals surface area contributed by atoms with Crippen LogP contribution in [0.3, 0.4) is 0 Å². The fourth-order valence-electron chi connectivity index (χ4n) is 1.24. The van der Waals surface area contributed by atoms with E-state index < -0.39 is 0 Å². The zero-order valence-electron chi connectivity index (χ0n) is 11.1. The van der Waals surface area contributed by atoms with Crippen LogP contribution in [-0.2, 0) is 9.53 Å². The number of carbonyl (C=O) groups is 1. The summed E-state index contributed by atoms with van der Waals surface area (Å²) in [6, 6.07) is 0. The van der Waals surface area contributed by atoms with E-state index in [0.717, 1.165) is 26.2 Å². The molecule has 0 aromatic carbocycles. The molecule has 0 radical (unpaired) electrons. The minimum Gasteiger partial charge on any atom is -0.369 e. The number of hydrogen-bond donors (Lipinski definition) is 1. The molecule has 1 heterocycles. The van der Waals surface area contributed by atoms with Crippen molar-refractivity contribution in [2.24, 2.45) is 0 Å². The highest BCUT2D eigenvalue weighted by atomic mass is 16.5. The Balaban J connectivity index is 0.000000673. The Morgan fingerprint density at radius 1 is 1.31 bits per heavy atom. The quantitative estimate of drug-likeness (QED) is 0.793.